The molecule has 2 nitrogen and oxygen atoms in total. The van der Waals surface area contributed by atoms with Crippen molar-refractivity contribution in [2.75, 3.05) is 14.2 Å². The number of ether oxygens (including phenoxy) is 2. The van der Waals surface area contributed by atoms with Gasteiger partial charge in [-0.25, -0.2) is 0 Å². The summed E-state index contributed by atoms with van der Waals surface area (Å²) < 4.78 is 10.7. The zero-order valence-electron chi connectivity index (χ0n) is 11.5. The Hall–Kier alpha value is -1.00. The highest BCUT2D eigenvalue weighted by Gasteiger charge is 2.18. The molecule has 0 spiro atoms. The summed E-state index contributed by atoms with van der Waals surface area (Å²) in [6.45, 7) is 4.28. The zero-order valence-corrected chi connectivity index (χ0v) is 13.9. The van der Waals surface area contributed by atoms with Crippen molar-refractivity contribution in [3.63, 3.8) is 0 Å². The SMILES string of the molecule is COc1ccc(OC)c(C(Br)c2cc(C)c(C)s2)c1. The Bertz CT molecular complexity index is 558. The van der Waals surface area contributed by atoms with E-state index in [1.165, 1.54) is 15.3 Å². The summed E-state index contributed by atoms with van der Waals surface area (Å²) >= 11 is 5.58. The normalized spacial score (nSPS) is 12.3. The Morgan fingerprint density at radius 3 is 2.37 bits per heavy atom. The van der Waals surface area contributed by atoms with Crippen molar-refractivity contribution in [3.05, 3.63) is 45.1 Å². The fraction of sp³-hybridized carbons (Fsp3) is 0.333. The van der Waals surface area contributed by atoms with Crippen molar-refractivity contribution in [2.45, 2.75) is 18.7 Å². The second-order valence-corrected chi connectivity index (χ2v) is 6.56. The molecule has 1 atom stereocenters. The quantitative estimate of drug-likeness (QED) is 0.739. The third-order valence-corrected chi connectivity index (χ3v) is 5.65. The smallest absolute Gasteiger partial charge is 0.123 e. The molecule has 1 unspecified atom stereocenters. The van der Waals surface area contributed by atoms with E-state index < -0.39 is 0 Å². The average molecular weight is 341 g/mol. The minimum Gasteiger partial charge on any atom is -0.497 e. The van der Waals surface area contributed by atoms with Crippen LogP contribution in [0.3, 0.4) is 0 Å². The number of halogens is 1. The Morgan fingerprint density at radius 2 is 1.84 bits per heavy atom. The third-order valence-electron chi connectivity index (χ3n) is 3.14. The van der Waals surface area contributed by atoms with E-state index in [1.54, 1.807) is 25.6 Å². The van der Waals surface area contributed by atoms with Crippen LogP contribution in [0.4, 0.5) is 0 Å². The molecule has 0 N–H and O–H groups in total. The number of methoxy groups -OCH3 is 2. The van der Waals surface area contributed by atoms with Crippen molar-refractivity contribution in [3.8, 4) is 11.5 Å². The highest BCUT2D eigenvalue weighted by atomic mass is 79.9. The average Bonchev–Trinajstić information content (AvgIpc) is 2.77. The van der Waals surface area contributed by atoms with E-state index in [2.05, 4.69) is 35.8 Å². The zero-order chi connectivity index (χ0) is 14.0. The molecule has 102 valence electrons. The number of hydrogen-bond acceptors (Lipinski definition) is 3. The lowest BCUT2D eigenvalue weighted by atomic mass is 10.1. The van der Waals surface area contributed by atoms with Crippen LogP contribution < -0.4 is 9.47 Å². The van der Waals surface area contributed by atoms with E-state index in [-0.39, 0.29) is 4.83 Å². The fourth-order valence-corrected chi connectivity index (χ4v) is 3.73. The summed E-state index contributed by atoms with van der Waals surface area (Å²) in [6.07, 6.45) is 0. The molecule has 0 aliphatic heterocycles. The standard InChI is InChI=1S/C15H17BrO2S/c1-9-7-14(19-10(9)2)15(16)12-8-11(17-3)5-6-13(12)18-4/h5-8,15H,1-4H3. The van der Waals surface area contributed by atoms with Gasteiger partial charge < -0.3 is 9.47 Å². The molecule has 0 aliphatic carbocycles. The molecular formula is C15H17BrO2S. The van der Waals surface area contributed by atoms with Crippen LogP contribution in [-0.4, -0.2) is 14.2 Å². The van der Waals surface area contributed by atoms with Crippen molar-refractivity contribution < 1.29 is 9.47 Å². The highest BCUT2D eigenvalue weighted by Crippen LogP contribution is 2.41. The first-order chi connectivity index (χ1) is 9.06. The van der Waals surface area contributed by atoms with Gasteiger partial charge in [0.15, 0.2) is 0 Å². The maximum Gasteiger partial charge on any atom is 0.123 e. The predicted octanol–water partition coefficient (Wildman–Crippen LogP) is 4.87. The summed E-state index contributed by atoms with van der Waals surface area (Å²) in [5.74, 6) is 1.71. The molecule has 1 aromatic heterocycles. The van der Waals surface area contributed by atoms with Gasteiger partial charge in [-0.15, -0.1) is 11.3 Å². The monoisotopic (exact) mass is 340 g/mol. The molecule has 4 heteroatoms. The van der Waals surface area contributed by atoms with Gasteiger partial charge in [0.1, 0.15) is 11.5 Å². The van der Waals surface area contributed by atoms with Gasteiger partial charge in [-0.2, -0.15) is 0 Å². The molecule has 0 saturated carbocycles. The number of thiophene rings is 1. The highest BCUT2D eigenvalue weighted by molar-refractivity contribution is 9.09. The number of rotatable bonds is 4. The number of aryl methyl sites for hydroxylation is 2. The molecule has 0 amide bonds. The van der Waals surface area contributed by atoms with E-state index in [0.717, 1.165) is 17.1 Å². The Balaban J connectivity index is 2.44. The molecule has 1 heterocycles. The van der Waals surface area contributed by atoms with Crippen molar-refractivity contribution in [1.29, 1.82) is 0 Å². The lowest BCUT2D eigenvalue weighted by Gasteiger charge is -2.14. The van der Waals surface area contributed by atoms with Crippen LogP contribution in [-0.2, 0) is 0 Å². The van der Waals surface area contributed by atoms with Crippen LogP contribution in [0.5, 0.6) is 11.5 Å². The van der Waals surface area contributed by atoms with Gasteiger partial charge >= 0.3 is 0 Å². The van der Waals surface area contributed by atoms with Gasteiger partial charge in [0, 0.05) is 15.3 Å². The topological polar surface area (TPSA) is 18.5 Å². The largest absolute Gasteiger partial charge is 0.497 e. The summed E-state index contributed by atoms with van der Waals surface area (Å²) in [5, 5.41) is 0. The van der Waals surface area contributed by atoms with E-state index in [0.29, 0.717) is 0 Å². The van der Waals surface area contributed by atoms with Crippen molar-refractivity contribution >= 4 is 27.3 Å². The summed E-state index contributed by atoms with van der Waals surface area (Å²) in [5.41, 5.74) is 2.41. The molecule has 0 aliphatic rings. The van der Waals surface area contributed by atoms with Crippen molar-refractivity contribution in [1.82, 2.24) is 0 Å². The summed E-state index contributed by atoms with van der Waals surface area (Å²) in [4.78, 5) is 2.75. The summed E-state index contributed by atoms with van der Waals surface area (Å²) in [6, 6.07) is 8.09. The number of alkyl halides is 1. The summed E-state index contributed by atoms with van der Waals surface area (Å²) in [7, 11) is 3.37. The Morgan fingerprint density at radius 1 is 1.11 bits per heavy atom. The fourth-order valence-electron chi connectivity index (χ4n) is 1.92. The van der Waals surface area contributed by atoms with Crippen LogP contribution in [0, 0.1) is 13.8 Å². The van der Waals surface area contributed by atoms with Crippen LogP contribution >= 0.6 is 27.3 Å². The van der Waals surface area contributed by atoms with Crippen LogP contribution in [0.25, 0.3) is 0 Å². The lowest BCUT2D eigenvalue weighted by molar-refractivity contribution is 0.399. The second kappa shape index (κ2) is 5.97. The van der Waals surface area contributed by atoms with Gasteiger partial charge in [0.2, 0.25) is 0 Å². The molecular weight excluding hydrogens is 324 g/mol. The second-order valence-electron chi connectivity index (χ2n) is 4.36. The number of benzene rings is 1. The first-order valence-electron chi connectivity index (χ1n) is 5.99. The van der Waals surface area contributed by atoms with E-state index in [1.807, 2.05) is 18.2 Å². The van der Waals surface area contributed by atoms with E-state index >= 15 is 0 Å². The lowest BCUT2D eigenvalue weighted by Crippen LogP contribution is -1.96. The Labute approximate surface area is 126 Å². The van der Waals surface area contributed by atoms with Gasteiger partial charge in [-0.3, -0.25) is 0 Å². The minimum atomic E-state index is 0.120. The van der Waals surface area contributed by atoms with Gasteiger partial charge in [-0.1, -0.05) is 15.9 Å². The minimum absolute atomic E-state index is 0.120. The molecule has 0 bridgehead atoms. The third kappa shape index (κ3) is 2.95. The van der Waals surface area contributed by atoms with Gasteiger partial charge in [0.25, 0.3) is 0 Å². The molecule has 0 fully saturated rings. The molecule has 0 radical (unpaired) electrons. The van der Waals surface area contributed by atoms with Crippen LogP contribution in [0.1, 0.15) is 25.7 Å². The number of hydrogen-bond donors (Lipinski definition) is 0. The van der Waals surface area contributed by atoms with E-state index in [9.17, 15) is 0 Å². The first kappa shape index (κ1) is 14.4. The molecule has 1 aromatic carbocycles. The van der Waals surface area contributed by atoms with Crippen LogP contribution in [0.15, 0.2) is 24.3 Å². The van der Waals surface area contributed by atoms with Crippen molar-refractivity contribution in [2.24, 2.45) is 0 Å². The maximum absolute atomic E-state index is 5.44. The van der Waals surface area contributed by atoms with Gasteiger partial charge in [-0.05, 0) is 43.7 Å². The predicted molar refractivity (Wildman–Crippen MR) is 84.1 cm³/mol. The van der Waals surface area contributed by atoms with E-state index in [4.69, 9.17) is 9.47 Å². The van der Waals surface area contributed by atoms with Crippen LogP contribution in [0.2, 0.25) is 0 Å². The Kier molecular flexibility index (Phi) is 4.53. The molecule has 2 rings (SSSR count). The maximum atomic E-state index is 5.44. The molecule has 0 saturated heterocycles. The molecule has 2 aromatic rings. The van der Waals surface area contributed by atoms with Gasteiger partial charge in [0.05, 0.1) is 19.0 Å². The first-order valence-corrected chi connectivity index (χ1v) is 7.73. The molecule has 19 heavy (non-hydrogen) atoms.